The number of hydrogen-bond acceptors (Lipinski definition) is 5. The quantitative estimate of drug-likeness (QED) is 0.717. The first-order chi connectivity index (χ1) is 12.2. The number of ether oxygens (including phenoxy) is 2. The third kappa shape index (κ3) is 4.36. The van der Waals surface area contributed by atoms with E-state index in [0.717, 1.165) is 10.8 Å². The summed E-state index contributed by atoms with van der Waals surface area (Å²) in [5.74, 6) is 1.28. The van der Waals surface area contributed by atoms with Gasteiger partial charge < -0.3 is 14.8 Å². The number of nitrogens with one attached hydrogen (secondary N) is 1. The molecule has 3 aromatic rings. The smallest absolute Gasteiger partial charge is 0.267 e. The van der Waals surface area contributed by atoms with Gasteiger partial charge in [0.25, 0.3) is 5.91 Å². The van der Waals surface area contributed by atoms with Crippen LogP contribution in [0.3, 0.4) is 0 Å². The zero-order chi connectivity index (χ0) is 17.6. The average Bonchev–Trinajstić information content (AvgIpc) is 3.02. The first kappa shape index (κ1) is 17.0. The van der Waals surface area contributed by atoms with Crippen LogP contribution in [0.1, 0.15) is 20.4 Å². The van der Waals surface area contributed by atoms with Crippen molar-refractivity contribution in [3.63, 3.8) is 0 Å². The molecule has 0 atom stereocenters. The number of aryl methyl sites for hydroxylation is 1. The summed E-state index contributed by atoms with van der Waals surface area (Å²) in [4.78, 5) is 17.5. The number of aromatic nitrogens is 1. The molecule has 1 amide bonds. The lowest BCUT2D eigenvalue weighted by molar-refractivity contribution is 0.103. The molecule has 3 rings (SSSR count). The molecule has 6 heteroatoms. The van der Waals surface area contributed by atoms with Gasteiger partial charge >= 0.3 is 0 Å². The van der Waals surface area contributed by atoms with Crippen LogP contribution in [0, 0.1) is 6.92 Å². The molecule has 2 aromatic carbocycles. The Balaban J connectivity index is 1.67. The molecule has 1 aromatic heterocycles. The standard InChI is InChI=1S/C19H18N2O3S/c1-13-18(19(22)21-14-7-6-10-16(11-14)23-2)25-17(20-13)12-24-15-8-4-3-5-9-15/h3-11H,12H2,1-2H3,(H,21,22). The van der Waals surface area contributed by atoms with Crippen LogP contribution in [0.25, 0.3) is 0 Å². The van der Waals surface area contributed by atoms with Crippen LogP contribution in [-0.4, -0.2) is 18.0 Å². The molecule has 0 radical (unpaired) electrons. The summed E-state index contributed by atoms with van der Waals surface area (Å²) in [7, 11) is 1.59. The lowest BCUT2D eigenvalue weighted by Gasteiger charge is -2.06. The van der Waals surface area contributed by atoms with Gasteiger partial charge in [-0.05, 0) is 31.2 Å². The van der Waals surface area contributed by atoms with Gasteiger partial charge in [0, 0.05) is 11.8 Å². The Morgan fingerprint density at radius 1 is 1.12 bits per heavy atom. The maximum Gasteiger partial charge on any atom is 0.267 e. The highest BCUT2D eigenvalue weighted by Crippen LogP contribution is 2.23. The fourth-order valence-electron chi connectivity index (χ4n) is 2.28. The summed E-state index contributed by atoms with van der Waals surface area (Å²) in [5, 5.41) is 3.63. The Morgan fingerprint density at radius 2 is 1.88 bits per heavy atom. The van der Waals surface area contributed by atoms with Gasteiger partial charge in [0.15, 0.2) is 0 Å². The van der Waals surface area contributed by atoms with Crippen molar-refractivity contribution in [2.24, 2.45) is 0 Å². The average molecular weight is 354 g/mol. The highest BCUT2D eigenvalue weighted by Gasteiger charge is 2.16. The van der Waals surface area contributed by atoms with E-state index in [-0.39, 0.29) is 5.91 Å². The van der Waals surface area contributed by atoms with Gasteiger partial charge in [-0.15, -0.1) is 11.3 Å². The molecule has 1 heterocycles. The van der Waals surface area contributed by atoms with E-state index in [1.165, 1.54) is 11.3 Å². The maximum absolute atomic E-state index is 12.5. The normalized spacial score (nSPS) is 10.3. The molecule has 1 N–H and O–H groups in total. The van der Waals surface area contributed by atoms with Crippen molar-refractivity contribution < 1.29 is 14.3 Å². The van der Waals surface area contributed by atoms with Crippen molar-refractivity contribution in [1.29, 1.82) is 0 Å². The Morgan fingerprint density at radius 3 is 2.64 bits per heavy atom. The lowest BCUT2D eigenvalue weighted by Crippen LogP contribution is -2.11. The minimum atomic E-state index is -0.186. The number of anilines is 1. The molecule has 0 aliphatic carbocycles. The molecular formula is C19H18N2O3S. The third-order valence-corrected chi connectivity index (χ3v) is 4.61. The first-order valence-electron chi connectivity index (χ1n) is 7.75. The van der Waals surface area contributed by atoms with Crippen LogP contribution >= 0.6 is 11.3 Å². The molecule has 128 valence electrons. The van der Waals surface area contributed by atoms with Gasteiger partial charge in [-0.2, -0.15) is 0 Å². The van der Waals surface area contributed by atoms with Gasteiger partial charge in [0.2, 0.25) is 0 Å². The largest absolute Gasteiger partial charge is 0.497 e. The van der Waals surface area contributed by atoms with Crippen LogP contribution in [0.4, 0.5) is 5.69 Å². The van der Waals surface area contributed by atoms with E-state index in [0.29, 0.717) is 28.6 Å². The Labute approximate surface area is 150 Å². The number of amides is 1. The van der Waals surface area contributed by atoms with Crippen LogP contribution in [0.15, 0.2) is 54.6 Å². The Kier molecular flexibility index (Phi) is 5.30. The predicted octanol–water partition coefficient (Wildman–Crippen LogP) is 4.29. The van der Waals surface area contributed by atoms with Gasteiger partial charge in [-0.3, -0.25) is 4.79 Å². The van der Waals surface area contributed by atoms with Crippen LogP contribution in [0.2, 0.25) is 0 Å². The fraction of sp³-hybridized carbons (Fsp3) is 0.158. The second kappa shape index (κ2) is 7.81. The molecule has 0 unspecified atom stereocenters. The van der Waals surface area contributed by atoms with E-state index in [9.17, 15) is 4.79 Å². The monoisotopic (exact) mass is 354 g/mol. The topological polar surface area (TPSA) is 60.5 Å². The first-order valence-corrected chi connectivity index (χ1v) is 8.57. The number of methoxy groups -OCH3 is 1. The number of thiazole rings is 1. The second-order valence-electron chi connectivity index (χ2n) is 5.31. The lowest BCUT2D eigenvalue weighted by atomic mass is 10.3. The minimum absolute atomic E-state index is 0.186. The third-order valence-electron chi connectivity index (χ3n) is 3.48. The van der Waals surface area contributed by atoms with Crippen LogP contribution in [-0.2, 0) is 6.61 Å². The second-order valence-corrected chi connectivity index (χ2v) is 6.39. The summed E-state index contributed by atoms with van der Waals surface area (Å²) in [6, 6.07) is 16.8. The molecule has 0 aliphatic heterocycles. The number of carbonyl (C=O) groups is 1. The van der Waals surface area contributed by atoms with E-state index in [4.69, 9.17) is 9.47 Å². The number of hydrogen-bond donors (Lipinski definition) is 1. The summed E-state index contributed by atoms with van der Waals surface area (Å²) in [5.41, 5.74) is 1.37. The zero-order valence-corrected chi connectivity index (χ0v) is 14.8. The van der Waals surface area contributed by atoms with Gasteiger partial charge in [-0.25, -0.2) is 4.98 Å². The highest BCUT2D eigenvalue weighted by atomic mass is 32.1. The minimum Gasteiger partial charge on any atom is -0.497 e. The van der Waals surface area contributed by atoms with E-state index >= 15 is 0 Å². The highest BCUT2D eigenvalue weighted by molar-refractivity contribution is 7.13. The van der Waals surface area contributed by atoms with E-state index in [1.807, 2.05) is 55.5 Å². The van der Waals surface area contributed by atoms with E-state index in [1.54, 1.807) is 13.2 Å². The predicted molar refractivity (Wildman–Crippen MR) is 98.6 cm³/mol. The Bertz CT molecular complexity index is 862. The SMILES string of the molecule is COc1cccc(NC(=O)c2sc(COc3ccccc3)nc2C)c1. The molecule has 0 fully saturated rings. The van der Waals surface area contributed by atoms with E-state index < -0.39 is 0 Å². The van der Waals surface area contributed by atoms with Gasteiger partial charge in [0.1, 0.15) is 28.0 Å². The summed E-state index contributed by atoms with van der Waals surface area (Å²) in [6.45, 7) is 2.16. The number of carbonyl (C=O) groups excluding carboxylic acids is 1. The summed E-state index contributed by atoms with van der Waals surface area (Å²) >= 11 is 1.34. The van der Waals surface area contributed by atoms with Gasteiger partial charge in [-0.1, -0.05) is 24.3 Å². The Hall–Kier alpha value is -2.86. The van der Waals surface area contributed by atoms with Gasteiger partial charge in [0.05, 0.1) is 12.8 Å². The molecule has 0 saturated heterocycles. The van der Waals surface area contributed by atoms with Crippen LogP contribution in [0.5, 0.6) is 11.5 Å². The van der Waals surface area contributed by atoms with Crippen molar-refractivity contribution >= 4 is 22.9 Å². The molecule has 0 aliphatic rings. The van der Waals surface area contributed by atoms with Crippen LogP contribution < -0.4 is 14.8 Å². The molecule has 5 nitrogen and oxygen atoms in total. The molecule has 0 spiro atoms. The fourth-order valence-corrected chi connectivity index (χ4v) is 3.15. The van der Waals surface area contributed by atoms with Crippen molar-refractivity contribution in [1.82, 2.24) is 4.98 Å². The van der Waals surface area contributed by atoms with Crippen molar-refractivity contribution in [2.45, 2.75) is 13.5 Å². The molecule has 0 saturated carbocycles. The zero-order valence-electron chi connectivity index (χ0n) is 14.0. The molecular weight excluding hydrogens is 336 g/mol. The number of rotatable bonds is 6. The number of para-hydroxylation sites is 1. The maximum atomic E-state index is 12.5. The number of benzene rings is 2. The van der Waals surface area contributed by atoms with Crippen molar-refractivity contribution in [2.75, 3.05) is 12.4 Å². The molecule has 25 heavy (non-hydrogen) atoms. The summed E-state index contributed by atoms with van der Waals surface area (Å²) < 4.78 is 10.9. The summed E-state index contributed by atoms with van der Waals surface area (Å²) in [6.07, 6.45) is 0. The van der Waals surface area contributed by atoms with Crippen molar-refractivity contribution in [3.8, 4) is 11.5 Å². The molecule has 0 bridgehead atoms. The van der Waals surface area contributed by atoms with Crippen molar-refractivity contribution in [3.05, 3.63) is 70.2 Å². The number of nitrogens with zero attached hydrogens (tertiary/aromatic N) is 1. The van der Waals surface area contributed by atoms with E-state index in [2.05, 4.69) is 10.3 Å².